The highest BCUT2D eigenvalue weighted by Crippen LogP contribution is 2.21. The first-order chi connectivity index (χ1) is 9.18. The topological polar surface area (TPSA) is 57.6 Å². The molecule has 0 radical (unpaired) electrons. The molecule has 0 spiro atoms. The van der Waals surface area contributed by atoms with E-state index in [4.69, 9.17) is 5.11 Å². The lowest BCUT2D eigenvalue weighted by Gasteiger charge is -2.32. The fraction of sp³-hybridized carbons (Fsp3) is 0.429. The Bertz CT molecular complexity index is 449. The number of amides is 1. The van der Waals surface area contributed by atoms with Crippen LogP contribution in [0, 0.1) is 0 Å². The summed E-state index contributed by atoms with van der Waals surface area (Å²) in [6, 6.07) is 9.03. The molecule has 5 heteroatoms. The number of hydrogen-bond donors (Lipinski definition) is 1. The molecule has 0 aromatic heterocycles. The van der Waals surface area contributed by atoms with Crippen LogP contribution in [0.4, 0.5) is 0 Å². The van der Waals surface area contributed by atoms with Crippen molar-refractivity contribution in [2.75, 3.05) is 12.3 Å². The molecule has 4 nitrogen and oxygen atoms in total. The molecule has 1 N–H and O–H groups in total. The third-order valence-electron chi connectivity index (χ3n) is 3.21. The maximum atomic E-state index is 12.1. The highest BCUT2D eigenvalue weighted by Gasteiger charge is 2.31. The minimum atomic E-state index is -0.891. The molecular formula is C14H17NO3S. The molecule has 0 unspecified atom stereocenters. The van der Waals surface area contributed by atoms with E-state index >= 15 is 0 Å². The van der Waals surface area contributed by atoms with Crippen molar-refractivity contribution in [3.8, 4) is 0 Å². The summed E-state index contributed by atoms with van der Waals surface area (Å²) in [4.78, 5) is 25.8. The van der Waals surface area contributed by atoms with Crippen LogP contribution in [0.1, 0.15) is 19.3 Å². The number of likely N-dealkylation sites (tertiary alicyclic amines) is 1. The van der Waals surface area contributed by atoms with Crippen LogP contribution >= 0.6 is 11.8 Å². The van der Waals surface area contributed by atoms with Gasteiger partial charge in [-0.1, -0.05) is 18.2 Å². The Hall–Kier alpha value is -1.49. The van der Waals surface area contributed by atoms with E-state index in [1.54, 1.807) is 0 Å². The van der Waals surface area contributed by atoms with Crippen LogP contribution in [0.3, 0.4) is 0 Å². The van der Waals surface area contributed by atoms with Gasteiger partial charge in [0.1, 0.15) is 6.04 Å². The number of carboxylic acid groups (broad SMARTS) is 1. The Morgan fingerprint density at radius 1 is 1.26 bits per heavy atom. The van der Waals surface area contributed by atoms with Crippen LogP contribution in [0.15, 0.2) is 35.2 Å². The zero-order valence-corrected chi connectivity index (χ0v) is 11.4. The molecular weight excluding hydrogens is 262 g/mol. The molecule has 1 amide bonds. The fourth-order valence-corrected chi connectivity index (χ4v) is 3.04. The number of nitrogens with zero attached hydrogens (tertiary/aromatic N) is 1. The van der Waals surface area contributed by atoms with Crippen LogP contribution in [0.25, 0.3) is 0 Å². The lowest BCUT2D eigenvalue weighted by atomic mass is 10.0. The van der Waals surface area contributed by atoms with Gasteiger partial charge in [0.2, 0.25) is 5.91 Å². The van der Waals surface area contributed by atoms with E-state index in [0.29, 0.717) is 18.7 Å². The van der Waals surface area contributed by atoms with Gasteiger partial charge < -0.3 is 10.0 Å². The van der Waals surface area contributed by atoms with Crippen molar-refractivity contribution in [2.24, 2.45) is 0 Å². The number of piperidine rings is 1. The van der Waals surface area contributed by atoms with E-state index in [0.717, 1.165) is 17.7 Å². The third kappa shape index (κ3) is 3.73. The molecule has 102 valence electrons. The minimum absolute atomic E-state index is 0.0825. The zero-order chi connectivity index (χ0) is 13.7. The average Bonchev–Trinajstić information content (AvgIpc) is 2.46. The lowest BCUT2D eigenvalue weighted by Crippen LogP contribution is -2.48. The van der Waals surface area contributed by atoms with Gasteiger partial charge in [0.05, 0.1) is 5.75 Å². The largest absolute Gasteiger partial charge is 0.480 e. The van der Waals surface area contributed by atoms with Crippen molar-refractivity contribution in [1.82, 2.24) is 4.90 Å². The van der Waals surface area contributed by atoms with Gasteiger partial charge in [0.15, 0.2) is 0 Å². The molecule has 0 bridgehead atoms. The summed E-state index contributed by atoms with van der Waals surface area (Å²) in [5, 5.41) is 9.14. The highest BCUT2D eigenvalue weighted by molar-refractivity contribution is 8.00. The minimum Gasteiger partial charge on any atom is -0.480 e. The summed E-state index contributed by atoms with van der Waals surface area (Å²) in [5.74, 6) is -0.674. The zero-order valence-electron chi connectivity index (χ0n) is 10.6. The lowest BCUT2D eigenvalue weighted by molar-refractivity contribution is -0.150. The van der Waals surface area contributed by atoms with Gasteiger partial charge in [0, 0.05) is 11.4 Å². The Morgan fingerprint density at radius 3 is 2.68 bits per heavy atom. The van der Waals surface area contributed by atoms with Gasteiger partial charge in [-0.05, 0) is 31.4 Å². The summed E-state index contributed by atoms with van der Waals surface area (Å²) in [5.41, 5.74) is 0. The molecule has 1 aromatic carbocycles. The molecule has 1 aromatic rings. The summed E-state index contributed by atoms with van der Waals surface area (Å²) >= 11 is 1.45. The monoisotopic (exact) mass is 279 g/mol. The Labute approximate surface area is 116 Å². The van der Waals surface area contributed by atoms with Crippen molar-refractivity contribution < 1.29 is 14.7 Å². The number of hydrogen-bond acceptors (Lipinski definition) is 3. The predicted octanol–water partition coefficient (Wildman–Crippen LogP) is 2.24. The molecule has 19 heavy (non-hydrogen) atoms. The Balaban J connectivity index is 1.93. The van der Waals surface area contributed by atoms with Crippen LogP contribution in [-0.2, 0) is 9.59 Å². The maximum Gasteiger partial charge on any atom is 0.326 e. The van der Waals surface area contributed by atoms with E-state index in [1.807, 2.05) is 30.3 Å². The van der Waals surface area contributed by atoms with Crippen molar-refractivity contribution in [1.29, 1.82) is 0 Å². The number of benzene rings is 1. The SMILES string of the molecule is O=C(O)[C@@H]1CCCCN1C(=O)CSc1ccccc1. The van der Waals surface area contributed by atoms with E-state index in [9.17, 15) is 9.59 Å². The molecule has 1 atom stereocenters. The van der Waals surface area contributed by atoms with Gasteiger partial charge in [0.25, 0.3) is 0 Å². The van der Waals surface area contributed by atoms with Crippen molar-refractivity contribution >= 4 is 23.6 Å². The standard InChI is InChI=1S/C14H17NO3S/c16-13(10-19-11-6-2-1-3-7-11)15-9-5-4-8-12(15)14(17)18/h1-3,6-7,12H,4-5,8-10H2,(H,17,18)/t12-/m0/s1. The quantitative estimate of drug-likeness (QED) is 0.859. The second-order valence-corrected chi connectivity index (χ2v) is 5.59. The number of carbonyl (C=O) groups excluding carboxylic acids is 1. The fourth-order valence-electron chi connectivity index (χ4n) is 2.23. The number of carbonyl (C=O) groups is 2. The molecule has 1 fully saturated rings. The highest BCUT2D eigenvalue weighted by atomic mass is 32.2. The first-order valence-corrected chi connectivity index (χ1v) is 7.37. The van der Waals surface area contributed by atoms with Crippen molar-refractivity contribution in [3.63, 3.8) is 0 Å². The molecule has 1 saturated heterocycles. The van der Waals surface area contributed by atoms with E-state index < -0.39 is 12.0 Å². The second-order valence-electron chi connectivity index (χ2n) is 4.54. The van der Waals surface area contributed by atoms with Gasteiger partial charge >= 0.3 is 5.97 Å². The van der Waals surface area contributed by atoms with Crippen LogP contribution in [0.2, 0.25) is 0 Å². The molecule has 1 aliphatic heterocycles. The number of carboxylic acids is 1. The number of rotatable bonds is 4. The van der Waals surface area contributed by atoms with Crippen molar-refractivity contribution in [3.05, 3.63) is 30.3 Å². The summed E-state index contributed by atoms with van der Waals surface area (Å²) in [6.07, 6.45) is 2.34. The van der Waals surface area contributed by atoms with Crippen LogP contribution < -0.4 is 0 Å². The van der Waals surface area contributed by atoms with Crippen LogP contribution in [-0.4, -0.2) is 40.2 Å². The van der Waals surface area contributed by atoms with Gasteiger partial charge in [-0.25, -0.2) is 4.79 Å². The third-order valence-corrected chi connectivity index (χ3v) is 4.21. The first kappa shape index (κ1) is 13.9. The first-order valence-electron chi connectivity index (χ1n) is 6.38. The van der Waals surface area contributed by atoms with Gasteiger partial charge in [-0.15, -0.1) is 11.8 Å². The van der Waals surface area contributed by atoms with E-state index in [1.165, 1.54) is 16.7 Å². The van der Waals surface area contributed by atoms with Crippen molar-refractivity contribution in [2.45, 2.75) is 30.2 Å². The van der Waals surface area contributed by atoms with Gasteiger partial charge in [-0.3, -0.25) is 4.79 Å². The predicted molar refractivity (Wildman–Crippen MR) is 74.2 cm³/mol. The smallest absolute Gasteiger partial charge is 0.326 e. The molecule has 0 saturated carbocycles. The van der Waals surface area contributed by atoms with E-state index in [2.05, 4.69) is 0 Å². The molecule has 2 rings (SSSR count). The summed E-state index contributed by atoms with van der Waals surface area (Å²) < 4.78 is 0. The molecule has 0 aliphatic carbocycles. The van der Waals surface area contributed by atoms with Crippen LogP contribution in [0.5, 0.6) is 0 Å². The number of aliphatic carboxylic acids is 1. The van der Waals surface area contributed by atoms with Gasteiger partial charge in [-0.2, -0.15) is 0 Å². The molecule has 1 aliphatic rings. The summed E-state index contributed by atoms with van der Waals surface area (Å²) in [6.45, 7) is 0.561. The molecule has 1 heterocycles. The Morgan fingerprint density at radius 2 is 2.00 bits per heavy atom. The number of thioether (sulfide) groups is 1. The normalized spacial score (nSPS) is 19.2. The average molecular weight is 279 g/mol. The second kappa shape index (κ2) is 6.61. The summed E-state index contributed by atoms with van der Waals surface area (Å²) in [7, 11) is 0. The maximum absolute atomic E-state index is 12.1. The Kier molecular flexibility index (Phi) is 4.85. The van der Waals surface area contributed by atoms with E-state index in [-0.39, 0.29) is 5.91 Å².